The Labute approximate surface area is 153 Å². The maximum atomic E-state index is 4.75. The van der Waals surface area contributed by atoms with Crippen LogP contribution in [0.4, 0.5) is 11.5 Å². The fourth-order valence-corrected chi connectivity index (χ4v) is 3.22. The summed E-state index contributed by atoms with van der Waals surface area (Å²) in [6.45, 7) is 0.732. The molecular formula is C23H21N3. The third-order valence-electron chi connectivity index (χ3n) is 4.56. The van der Waals surface area contributed by atoms with Crippen LogP contribution in [0.2, 0.25) is 0 Å². The minimum atomic E-state index is 0.732. The molecule has 3 nitrogen and oxygen atoms in total. The molecule has 2 N–H and O–H groups in total. The number of aromatic nitrogens is 1. The number of nitrogens with one attached hydrogen (secondary N) is 2. The number of pyridine rings is 1. The Kier molecular flexibility index (Phi) is 4.52. The lowest BCUT2D eigenvalue weighted by atomic mass is 10.0. The second-order valence-corrected chi connectivity index (χ2v) is 6.20. The summed E-state index contributed by atoms with van der Waals surface area (Å²) in [6, 6.07) is 29.1. The summed E-state index contributed by atoms with van der Waals surface area (Å²) in [5, 5.41) is 9.23. The van der Waals surface area contributed by atoms with Gasteiger partial charge in [-0.1, -0.05) is 66.7 Å². The standard InChI is InChI=1S/C23H21N3/c1-24-22-15-14-18(19-10-5-6-11-20(19)22)16-25-23-13-7-12-21(26-23)17-8-3-2-4-9-17/h2-15,24H,16H2,1H3,(H,25,26). The van der Waals surface area contributed by atoms with Crippen LogP contribution in [-0.4, -0.2) is 12.0 Å². The van der Waals surface area contributed by atoms with Crippen LogP contribution < -0.4 is 10.6 Å². The number of rotatable bonds is 5. The van der Waals surface area contributed by atoms with Crippen molar-refractivity contribution in [1.82, 2.24) is 4.98 Å². The Hall–Kier alpha value is -3.33. The normalized spacial score (nSPS) is 10.7. The van der Waals surface area contributed by atoms with Crippen LogP contribution in [0.25, 0.3) is 22.0 Å². The van der Waals surface area contributed by atoms with E-state index in [9.17, 15) is 0 Å². The SMILES string of the molecule is CNc1ccc(CNc2cccc(-c3ccccc3)n2)c2ccccc12. The number of fused-ring (bicyclic) bond motifs is 1. The molecule has 0 amide bonds. The summed E-state index contributed by atoms with van der Waals surface area (Å²) < 4.78 is 0. The number of hydrogen-bond donors (Lipinski definition) is 2. The van der Waals surface area contributed by atoms with Gasteiger partial charge in [-0.2, -0.15) is 0 Å². The van der Waals surface area contributed by atoms with E-state index in [4.69, 9.17) is 4.98 Å². The van der Waals surface area contributed by atoms with Crippen molar-refractivity contribution < 1.29 is 0 Å². The highest BCUT2D eigenvalue weighted by atomic mass is 15.0. The van der Waals surface area contributed by atoms with Gasteiger partial charge in [-0.3, -0.25) is 0 Å². The lowest BCUT2D eigenvalue weighted by molar-refractivity contribution is 1.13. The Bertz CT molecular complexity index is 1030. The molecule has 0 unspecified atom stereocenters. The van der Waals surface area contributed by atoms with Crippen molar-refractivity contribution in [1.29, 1.82) is 0 Å². The minimum Gasteiger partial charge on any atom is -0.388 e. The van der Waals surface area contributed by atoms with E-state index < -0.39 is 0 Å². The van der Waals surface area contributed by atoms with E-state index in [0.29, 0.717) is 0 Å². The first-order valence-corrected chi connectivity index (χ1v) is 8.80. The smallest absolute Gasteiger partial charge is 0.126 e. The van der Waals surface area contributed by atoms with Crippen LogP contribution in [0.3, 0.4) is 0 Å². The summed E-state index contributed by atoms with van der Waals surface area (Å²) in [4.78, 5) is 4.75. The Morgan fingerprint density at radius 3 is 2.31 bits per heavy atom. The van der Waals surface area contributed by atoms with Crippen molar-refractivity contribution in [2.45, 2.75) is 6.54 Å². The van der Waals surface area contributed by atoms with Gasteiger partial charge in [0, 0.05) is 30.2 Å². The molecular weight excluding hydrogens is 318 g/mol. The van der Waals surface area contributed by atoms with E-state index in [0.717, 1.165) is 29.3 Å². The zero-order valence-electron chi connectivity index (χ0n) is 14.7. The first kappa shape index (κ1) is 16.2. The van der Waals surface area contributed by atoms with Crippen LogP contribution in [0.15, 0.2) is 84.9 Å². The third-order valence-corrected chi connectivity index (χ3v) is 4.56. The monoisotopic (exact) mass is 339 g/mol. The van der Waals surface area contributed by atoms with Crippen molar-refractivity contribution >= 4 is 22.3 Å². The van der Waals surface area contributed by atoms with Crippen LogP contribution in [-0.2, 0) is 6.54 Å². The van der Waals surface area contributed by atoms with Crippen LogP contribution in [0.5, 0.6) is 0 Å². The molecule has 0 saturated heterocycles. The summed E-state index contributed by atoms with van der Waals surface area (Å²) in [6.07, 6.45) is 0. The maximum absolute atomic E-state index is 4.75. The maximum Gasteiger partial charge on any atom is 0.126 e. The molecule has 4 aromatic rings. The molecule has 0 aliphatic carbocycles. The fourth-order valence-electron chi connectivity index (χ4n) is 3.22. The van der Waals surface area contributed by atoms with Crippen LogP contribution >= 0.6 is 0 Å². The molecule has 26 heavy (non-hydrogen) atoms. The van der Waals surface area contributed by atoms with Gasteiger partial charge in [0.2, 0.25) is 0 Å². The van der Waals surface area contributed by atoms with Gasteiger partial charge in [0.15, 0.2) is 0 Å². The van der Waals surface area contributed by atoms with Crippen LogP contribution in [0, 0.1) is 0 Å². The Balaban J connectivity index is 1.60. The van der Waals surface area contributed by atoms with Gasteiger partial charge in [-0.25, -0.2) is 4.98 Å². The molecule has 0 aliphatic heterocycles. The van der Waals surface area contributed by atoms with Crippen molar-refractivity contribution in [3.8, 4) is 11.3 Å². The van der Waals surface area contributed by atoms with Gasteiger partial charge in [0.05, 0.1) is 5.69 Å². The molecule has 0 bridgehead atoms. The molecule has 0 atom stereocenters. The molecule has 0 radical (unpaired) electrons. The first-order valence-electron chi connectivity index (χ1n) is 8.80. The van der Waals surface area contributed by atoms with Crippen LogP contribution in [0.1, 0.15) is 5.56 Å². The van der Waals surface area contributed by atoms with Gasteiger partial charge in [0.1, 0.15) is 5.82 Å². The summed E-state index contributed by atoms with van der Waals surface area (Å²) >= 11 is 0. The number of anilines is 2. The van der Waals surface area contributed by atoms with E-state index in [1.807, 2.05) is 43.4 Å². The highest BCUT2D eigenvalue weighted by Gasteiger charge is 2.06. The first-order chi connectivity index (χ1) is 12.8. The lowest BCUT2D eigenvalue weighted by Crippen LogP contribution is -2.03. The predicted molar refractivity (Wildman–Crippen MR) is 110 cm³/mol. The topological polar surface area (TPSA) is 37.0 Å². The lowest BCUT2D eigenvalue weighted by Gasteiger charge is -2.12. The Morgan fingerprint density at radius 1 is 0.731 bits per heavy atom. The van der Waals surface area contributed by atoms with Gasteiger partial charge < -0.3 is 10.6 Å². The van der Waals surface area contributed by atoms with Gasteiger partial charge in [-0.15, -0.1) is 0 Å². The van der Waals surface area contributed by atoms with E-state index in [1.165, 1.54) is 16.3 Å². The van der Waals surface area contributed by atoms with E-state index in [-0.39, 0.29) is 0 Å². The quantitative estimate of drug-likeness (QED) is 0.500. The largest absolute Gasteiger partial charge is 0.388 e. The molecule has 0 spiro atoms. The average Bonchev–Trinajstić information content (AvgIpc) is 2.73. The zero-order valence-corrected chi connectivity index (χ0v) is 14.7. The van der Waals surface area contributed by atoms with Crippen molar-refractivity contribution in [2.75, 3.05) is 17.7 Å². The molecule has 0 saturated carbocycles. The van der Waals surface area contributed by atoms with E-state index in [1.54, 1.807) is 0 Å². The highest BCUT2D eigenvalue weighted by Crippen LogP contribution is 2.27. The second kappa shape index (κ2) is 7.28. The highest BCUT2D eigenvalue weighted by molar-refractivity contribution is 5.96. The number of nitrogens with zero attached hydrogens (tertiary/aromatic N) is 1. The number of benzene rings is 3. The molecule has 1 aromatic heterocycles. The number of hydrogen-bond acceptors (Lipinski definition) is 3. The summed E-state index contributed by atoms with van der Waals surface area (Å²) in [5.41, 5.74) is 4.51. The fraction of sp³-hybridized carbons (Fsp3) is 0.0870. The van der Waals surface area contributed by atoms with Gasteiger partial charge in [-0.05, 0) is 29.1 Å². The molecule has 0 fully saturated rings. The second-order valence-electron chi connectivity index (χ2n) is 6.20. The minimum absolute atomic E-state index is 0.732. The molecule has 1 heterocycles. The third kappa shape index (κ3) is 3.24. The van der Waals surface area contributed by atoms with E-state index >= 15 is 0 Å². The zero-order chi connectivity index (χ0) is 17.8. The molecule has 4 rings (SSSR count). The predicted octanol–water partition coefficient (Wildman–Crippen LogP) is 5.56. The summed E-state index contributed by atoms with van der Waals surface area (Å²) in [5.74, 6) is 0.883. The van der Waals surface area contributed by atoms with E-state index in [2.05, 4.69) is 59.2 Å². The van der Waals surface area contributed by atoms with Crippen molar-refractivity contribution in [3.05, 3.63) is 90.5 Å². The summed E-state index contributed by atoms with van der Waals surface area (Å²) in [7, 11) is 1.96. The van der Waals surface area contributed by atoms with Crippen molar-refractivity contribution in [3.63, 3.8) is 0 Å². The van der Waals surface area contributed by atoms with Gasteiger partial charge >= 0.3 is 0 Å². The average molecular weight is 339 g/mol. The molecule has 128 valence electrons. The van der Waals surface area contributed by atoms with Gasteiger partial charge in [0.25, 0.3) is 0 Å². The molecule has 0 aliphatic rings. The Morgan fingerprint density at radius 2 is 1.50 bits per heavy atom. The van der Waals surface area contributed by atoms with Crippen molar-refractivity contribution in [2.24, 2.45) is 0 Å². The molecule has 3 heteroatoms. The molecule has 3 aromatic carbocycles.